The molecule has 3 unspecified atom stereocenters. The zero-order valence-corrected chi connectivity index (χ0v) is 10.9. The van der Waals surface area contributed by atoms with Crippen LogP contribution in [0.3, 0.4) is 0 Å². The number of nitrogens with one attached hydrogen (secondary N) is 2. The molecule has 1 aromatic carbocycles. The Labute approximate surface area is 115 Å². The predicted octanol–water partition coefficient (Wildman–Crippen LogP) is 0.374. The molecule has 4 rings (SSSR count). The van der Waals surface area contributed by atoms with Crippen molar-refractivity contribution in [2.24, 2.45) is 5.73 Å². The molecular formula is C14H16N4O2. The van der Waals surface area contributed by atoms with Crippen molar-refractivity contribution < 1.29 is 9.90 Å². The van der Waals surface area contributed by atoms with Gasteiger partial charge in [0.15, 0.2) is 0 Å². The minimum absolute atomic E-state index is 0.355. The number of aromatic nitrogens is 2. The van der Waals surface area contributed by atoms with Crippen molar-refractivity contribution in [3.8, 4) is 0 Å². The first-order chi connectivity index (χ1) is 9.60. The Morgan fingerprint density at radius 2 is 2.35 bits per heavy atom. The van der Waals surface area contributed by atoms with Crippen molar-refractivity contribution in [1.29, 1.82) is 0 Å². The zero-order chi connectivity index (χ0) is 13.9. The van der Waals surface area contributed by atoms with Gasteiger partial charge in [-0.3, -0.25) is 10.1 Å². The van der Waals surface area contributed by atoms with E-state index in [9.17, 15) is 9.90 Å². The van der Waals surface area contributed by atoms with E-state index in [1.807, 2.05) is 6.07 Å². The fourth-order valence-corrected chi connectivity index (χ4v) is 3.61. The van der Waals surface area contributed by atoms with Crippen molar-refractivity contribution in [2.75, 3.05) is 0 Å². The number of carbonyl (C=O) groups excluding carboxylic acids is 1. The summed E-state index contributed by atoms with van der Waals surface area (Å²) in [7, 11) is 0. The van der Waals surface area contributed by atoms with Crippen LogP contribution in [-0.4, -0.2) is 33.1 Å². The molecule has 20 heavy (non-hydrogen) atoms. The van der Waals surface area contributed by atoms with Gasteiger partial charge in [0.2, 0.25) is 0 Å². The number of imidazole rings is 1. The number of amides is 1. The molecule has 0 aliphatic carbocycles. The molecule has 0 radical (unpaired) electrons. The van der Waals surface area contributed by atoms with Crippen molar-refractivity contribution in [3.63, 3.8) is 0 Å². The molecule has 104 valence electrons. The van der Waals surface area contributed by atoms with Crippen LogP contribution >= 0.6 is 0 Å². The average Bonchev–Trinajstić information content (AvgIpc) is 3.08. The third-order valence-corrected chi connectivity index (χ3v) is 4.63. The highest BCUT2D eigenvalue weighted by molar-refractivity contribution is 6.04. The second-order valence-corrected chi connectivity index (χ2v) is 5.75. The molecule has 5 N–H and O–H groups in total. The lowest BCUT2D eigenvalue weighted by Crippen LogP contribution is -2.43. The Hall–Kier alpha value is -1.92. The number of hydrogen-bond donors (Lipinski definition) is 4. The van der Waals surface area contributed by atoms with Gasteiger partial charge in [-0.15, -0.1) is 0 Å². The van der Waals surface area contributed by atoms with E-state index in [4.69, 9.17) is 5.73 Å². The lowest BCUT2D eigenvalue weighted by atomic mass is 9.84. The van der Waals surface area contributed by atoms with E-state index in [0.717, 1.165) is 24.8 Å². The van der Waals surface area contributed by atoms with E-state index in [1.54, 1.807) is 12.1 Å². The Balaban J connectivity index is 1.90. The standard InChI is InChI=1S/C14H16N4O2/c15-12(20)8-2-1-3-9-11(8)17-13(16-9)14-5-4-7(18-14)6-10(14)19/h1-3,7,10,18-19H,4-6H2,(H2,15,20)(H,16,17). The molecule has 3 atom stereocenters. The third kappa shape index (κ3) is 1.40. The number of aromatic amines is 1. The molecule has 1 amide bonds. The van der Waals surface area contributed by atoms with Gasteiger partial charge in [0, 0.05) is 6.04 Å². The monoisotopic (exact) mass is 272 g/mol. The van der Waals surface area contributed by atoms with Crippen molar-refractivity contribution in [3.05, 3.63) is 29.6 Å². The number of fused-ring (bicyclic) bond motifs is 3. The second-order valence-electron chi connectivity index (χ2n) is 5.75. The van der Waals surface area contributed by atoms with Crippen LogP contribution in [0.4, 0.5) is 0 Å². The van der Waals surface area contributed by atoms with Crippen LogP contribution in [0.5, 0.6) is 0 Å². The van der Waals surface area contributed by atoms with E-state index < -0.39 is 17.6 Å². The van der Waals surface area contributed by atoms with Gasteiger partial charge in [-0.2, -0.15) is 0 Å². The van der Waals surface area contributed by atoms with E-state index in [0.29, 0.717) is 22.9 Å². The van der Waals surface area contributed by atoms with Crippen LogP contribution in [0.1, 0.15) is 35.4 Å². The molecule has 0 spiro atoms. The molecule has 3 heterocycles. The average molecular weight is 272 g/mol. The van der Waals surface area contributed by atoms with Gasteiger partial charge < -0.3 is 15.8 Å². The fraction of sp³-hybridized carbons (Fsp3) is 0.429. The third-order valence-electron chi connectivity index (χ3n) is 4.63. The van der Waals surface area contributed by atoms with E-state index in [2.05, 4.69) is 15.3 Å². The van der Waals surface area contributed by atoms with Crippen molar-refractivity contribution in [1.82, 2.24) is 15.3 Å². The topological polar surface area (TPSA) is 104 Å². The second kappa shape index (κ2) is 3.80. The number of nitrogens with zero attached hydrogens (tertiary/aromatic N) is 1. The first-order valence-electron chi connectivity index (χ1n) is 6.85. The number of H-pyrrole nitrogens is 1. The Kier molecular flexibility index (Phi) is 2.26. The van der Waals surface area contributed by atoms with Gasteiger partial charge in [-0.1, -0.05) is 6.07 Å². The van der Waals surface area contributed by atoms with Crippen LogP contribution < -0.4 is 11.1 Å². The van der Waals surface area contributed by atoms with Gasteiger partial charge in [-0.25, -0.2) is 4.98 Å². The number of nitrogens with two attached hydrogens (primary N) is 1. The van der Waals surface area contributed by atoms with Crippen LogP contribution in [0.2, 0.25) is 0 Å². The minimum Gasteiger partial charge on any atom is -0.391 e. The number of rotatable bonds is 2. The number of benzene rings is 1. The van der Waals surface area contributed by atoms with Gasteiger partial charge in [0.25, 0.3) is 5.91 Å². The van der Waals surface area contributed by atoms with Crippen molar-refractivity contribution in [2.45, 2.75) is 36.9 Å². The highest BCUT2D eigenvalue weighted by Crippen LogP contribution is 2.44. The Morgan fingerprint density at radius 1 is 1.50 bits per heavy atom. The summed E-state index contributed by atoms with van der Waals surface area (Å²) in [4.78, 5) is 19.3. The molecule has 2 aromatic rings. The van der Waals surface area contributed by atoms with E-state index >= 15 is 0 Å². The van der Waals surface area contributed by atoms with Gasteiger partial charge in [-0.05, 0) is 31.4 Å². The maximum atomic E-state index is 11.5. The van der Waals surface area contributed by atoms with Gasteiger partial charge >= 0.3 is 0 Å². The number of aliphatic hydroxyl groups excluding tert-OH is 1. The lowest BCUT2D eigenvalue weighted by molar-refractivity contribution is 0.0819. The van der Waals surface area contributed by atoms with Crippen molar-refractivity contribution >= 4 is 16.9 Å². The molecule has 6 heteroatoms. The Bertz CT molecular complexity index is 710. The molecule has 0 saturated carbocycles. The van der Waals surface area contributed by atoms with Gasteiger partial charge in [0.05, 0.1) is 17.2 Å². The van der Waals surface area contributed by atoms with E-state index in [-0.39, 0.29) is 0 Å². The summed E-state index contributed by atoms with van der Waals surface area (Å²) in [5, 5.41) is 13.8. The summed E-state index contributed by atoms with van der Waals surface area (Å²) < 4.78 is 0. The zero-order valence-electron chi connectivity index (χ0n) is 10.9. The largest absolute Gasteiger partial charge is 0.391 e. The van der Waals surface area contributed by atoms with Crippen LogP contribution in [0.25, 0.3) is 11.0 Å². The summed E-state index contributed by atoms with van der Waals surface area (Å²) in [6.45, 7) is 0. The fourth-order valence-electron chi connectivity index (χ4n) is 3.61. The SMILES string of the molecule is NC(=O)c1cccc2[nH]c(C34CCC(CC3O)N4)nc12. The highest BCUT2D eigenvalue weighted by atomic mass is 16.3. The smallest absolute Gasteiger partial charge is 0.250 e. The number of aliphatic hydroxyl groups is 1. The lowest BCUT2D eigenvalue weighted by Gasteiger charge is -2.28. The molecule has 1 aromatic heterocycles. The van der Waals surface area contributed by atoms with E-state index in [1.165, 1.54) is 0 Å². The normalized spacial score (nSPS) is 32.0. The quantitative estimate of drug-likeness (QED) is 0.634. The summed E-state index contributed by atoms with van der Waals surface area (Å²) in [6, 6.07) is 5.66. The first kappa shape index (κ1) is 11.9. The van der Waals surface area contributed by atoms with Crippen LogP contribution in [0.15, 0.2) is 18.2 Å². The minimum atomic E-state index is -0.501. The summed E-state index contributed by atoms with van der Waals surface area (Å²) in [5.74, 6) is 0.212. The molecule has 2 aliphatic heterocycles. The number of hydrogen-bond acceptors (Lipinski definition) is 4. The number of primary amides is 1. The maximum absolute atomic E-state index is 11.5. The van der Waals surface area contributed by atoms with Crippen LogP contribution in [-0.2, 0) is 5.54 Å². The van der Waals surface area contributed by atoms with Gasteiger partial charge in [0.1, 0.15) is 16.9 Å². The highest BCUT2D eigenvalue weighted by Gasteiger charge is 2.54. The Morgan fingerprint density at radius 3 is 3.00 bits per heavy atom. The summed E-state index contributed by atoms with van der Waals surface area (Å²) in [5.41, 5.74) is 6.64. The molecule has 6 nitrogen and oxygen atoms in total. The first-order valence-corrected chi connectivity index (χ1v) is 6.85. The number of carbonyl (C=O) groups is 1. The maximum Gasteiger partial charge on any atom is 0.250 e. The summed E-state index contributed by atoms with van der Waals surface area (Å²) in [6.07, 6.45) is 2.19. The predicted molar refractivity (Wildman–Crippen MR) is 73.1 cm³/mol. The molecule has 2 bridgehead atoms. The van der Waals surface area contributed by atoms with Crippen LogP contribution in [0, 0.1) is 0 Å². The molecule has 2 fully saturated rings. The molecule has 2 aliphatic rings. The molecule has 2 saturated heterocycles. The summed E-state index contributed by atoms with van der Waals surface area (Å²) >= 11 is 0. The molecular weight excluding hydrogens is 256 g/mol. The number of para-hydroxylation sites is 1.